The summed E-state index contributed by atoms with van der Waals surface area (Å²) in [5, 5.41) is 16.2. The highest BCUT2D eigenvalue weighted by molar-refractivity contribution is 5.72. The second-order valence-corrected chi connectivity index (χ2v) is 3.42. The number of carboxylic acid groups (broad SMARTS) is 1. The minimum Gasteiger partial charge on any atom is -0.481 e. The fraction of sp³-hybridized carbons (Fsp3) is 0.875. The van der Waals surface area contributed by atoms with Crippen molar-refractivity contribution in [3.05, 3.63) is 0 Å². The van der Waals surface area contributed by atoms with Gasteiger partial charge in [-0.2, -0.15) is 0 Å². The third kappa shape index (κ3) is 12.1. The number of rotatable bonds is 2. The Morgan fingerprint density at radius 3 is 1.75 bits per heavy atom. The molecule has 4 heteroatoms. The van der Waals surface area contributed by atoms with E-state index in [9.17, 15) is 4.79 Å². The molecule has 0 saturated carbocycles. The average molecular weight is 177 g/mol. The van der Waals surface area contributed by atoms with Gasteiger partial charge in [-0.15, -0.1) is 0 Å². The molecule has 4 N–H and O–H groups in total. The fourth-order valence-corrected chi connectivity index (χ4v) is 0.0913. The van der Waals surface area contributed by atoms with Gasteiger partial charge in [-0.3, -0.25) is 4.79 Å². The molecule has 0 aromatic rings. The van der Waals surface area contributed by atoms with Gasteiger partial charge in [-0.25, -0.2) is 0 Å². The van der Waals surface area contributed by atoms with Crippen LogP contribution < -0.4 is 5.73 Å². The van der Waals surface area contributed by atoms with Crippen molar-refractivity contribution in [2.24, 2.45) is 11.1 Å². The summed E-state index contributed by atoms with van der Waals surface area (Å²) in [6, 6.07) is 0. The predicted octanol–water partition coefficient (Wildman–Crippen LogP) is 0.445. The van der Waals surface area contributed by atoms with E-state index < -0.39 is 11.4 Å². The average Bonchev–Trinajstić information content (AvgIpc) is 1.88. The van der Waals surface area contributed by atoms with Crippen molar-refractivity contribution in [3.8, 4) is 0 Å². The largest absolute Gasteiger partial charge is 0.481 e. The number of carboxylic acids is 1. The molecule has 0 bridgehead atoms. The van der Waals surface area contributed by atoms with Gasteiger partial charge >= 0.3 is 5.97 Å². The van der Waals surface area contributed by atoms with E-state index in [4.69, 9.17) is 15.9 Å². The van der Waals surface area contributed by atoms with Crippen molar-refractivity contribution in [1.82, 2.24) is 0 Å². The molecule has 0 atom stereocenters. The molecule has 0 rings (SSSR count). The van der Waals surface area contributed by atoms with Gasteiger partial charge in [-0.05, 0) is 33.7 Å². The Morgan fingerprint density at radius 2 is 1.75 bits per heavy atom. The molecule has 0 saturated heterocycles. The van der Waals surface area contributed by atoms with Gasteiger partial charge in [0, 0.05) is 6.61 Å². The van der Waals surface area contributed by atoms with Gasteiger partial charge in [0.05, 0.1) is 5.41 Å². The highest BCUT2D eigenvalue weighted by atomic mass is 16.4. The molecule has 0 aliphatic carbocycles. The summed E-state index contributed by atoms with van der Waals surface area (Å²) in [5.41, 5.74) is 4.40. The molecule has 0 fully saturated rings. The predicted molar refractivity (Wildman–Crippen MR) is 47.8 cm³/mol. The van der Waals surface area contributed by atoms with E-state index in [1.54, 1.807) is 20.8 Å². The van der Waals surface area contributed by atoms with E-state index >= 15 is 0 Å². The third-order valence-electron chi connectivity index (χ3n) is 1.00. The maximum atomic E-state index is 10.0. The smallest absolute Gasteiger partial charge is 0.308 e. The minimum absolute atomic E-state index is 0.219. The van der Waals surface area contributed by atoms with Gasteiger partial charge in [0.2, 0.25) is 0 Å². The Bertz CT molecular complexity index is 116. The molecule has 0 aliphatic heterocycles. The topological polar surface area (TPSA) is 83.5 Å². The van der Waals surface area contributed by atoms with Crippen LogP contribution in [0, 0.1) is 5.41 Å². The van der Waals surface area contributed by atoms with Crippen LogP contribution in [-0.2, 0) is 4.79 Å². The Kier molecular flexibility index (Phi) is 8.21. The molecular formula is C8H19NO3. The lowest BCUT2D eigenvalue weighted by molar-refractivity contribution is -0.145. The first-order chi connectivity index (χ1) is 5.36. The van der Waals surface area contributed by atoms with Crippen molar-refractivity contribution < 1.29 is 15.0 Å². The summed E-state index contributed by atoms with van der Waals surface area (Å²) in [6.07, 6.45) is 0.722. The maximum absolute atomic E-state index is 10.0. The van der Waals surface area contributed by atoms with Crippen LogP contribution in [0.15, 0.2) is 0 Å². The van der Waals surface area contributed by atoms with E-state index in [-0.39, 0.29) is 6.61 Å². The van der Waals surface area contributed by atoms with Crippen LogP contribution in [0.3, 0.4) is 0 Å². The van der Waals surface area contributed by atoms with Crippen LogP contribution in [0.1, 0.15) is 27.2 Å². The summed E-state index contributed by atoms with van der Waals surface area (Å²) in [4.78, 5) is 10.0. The molecule has 0 aliphatic rings. The van der Waals surface area contributed by atoms with E-state index in [0.717, 1.165) is 6.42 Å². The molecule has 4 nitrogen and oxygen atoms in total. The lowest BCUT2D eigenvalue weighted by atomic mass is 9.98. The summed E-state index contributed by atoms with van der Waals surface area (Å²) < 4.78 is 0. The number of aliphatic hydroxyl groups excluding tert-OH is 1. The molecule has 0 aromatic carbocycles. The van der Waals surface area contributed by atoms with E-state index in [1.807, 2.05) is 0 Å². The molecule has 0 unspecified atom stereocenters. The number of hydrogen-bond acceptors (Lipinski definition) is 3. The third-order valence-corrected chi connectivity index (χ3v) is 1.00. The highest BCUT2D eigenvalue weighted by Crippen LogP contribution is 2.11. The number of hydrogen-bond donors (Lipinski definition) is 3. The molecule has 0 amide bonds. The Morgan fingerprint density at radius 1 is 1.42 bits per heavy atom. The lowest BCUT2D eigenvalue weighted by Crippen LogP contribution is -2.18. The highest BCUT2D eigenvalue weighted by Gasteiger charge is 2.18. The summed E-state index contributed by atoms with van der Waals surface area (Å²) in [6.45, 7) is 5.80. The van der Waals surface area contributed by atoms with Crippen LogP contribution in [0.25, 0.3) is 0 Å². The normalized spacial score (nSPS) is 10.1. The molecule has 0 heterocycles. The molecule has 0 radical (unpaired) electrons. The van der Waals surface area contributed by atoms with Gasteiger partial charge in [0.1, 0.15) is 0 Å². The molecular weight excluding hydrogens is 158 g/mol. The first-order valence-electron chi connectivity index (χ1n) is 3.90. The van der Waals surface area contributed by atoms with E-state index in [2.05, 4.69) is 0 Å². The second kappa shape index (κ2) is 7.06. The van der Waals surface area contributed by atoms with Crippen LogP contribution in [0.5, 0.6) is 0 Å². The van der Waals surface area contributed by atoms with Crippen molar-refractivity contribution >= 4 is 5.97 Å². The molecule has 12 heavy (non-hydrogen) atoms. The zero-order valence-electron chi connectivity index (χ0n) is 8.00. The quantitative estimate of drug-likeness (QED) is 0.571. The van der Waals surface area contributed by atoms with Gasteiger partial charge < -0.3 is 15.9 Å². The molecule has 0 spiro atoms. The number of aliphatic carboxylic acids is 1. The number of aliphatic hydroxyl groups is 1. The van der Waals surface area contributed by atoms with Crippen molar-refractivity contribution in [3.63, 3.8) is 0 Å². The van der Waals surface area contributed by atoms with E-state index in [1.165, 1.54) is 0 Å². The van der Waals surface area contributed by atoms with Crippen molar-refractivity contribution in [2.45, 2.75) is 27.2 Å². The van der Waals surface area contributed by atoms with Gasteiger partial charge in [0.15, 0.2) is 0 Å². The SMILES string of the molecule is CC(C)(C)C(=O)O.NCCCO. The first-order valence-corrected chi connectivity index (χ1v) is 3.90. The first kappa shape index (κ1) is 13.9. The maximum Gasteiger partial charge on any atom is 0.308 e. The van der Waals surface area contributed by atoms with Crippen molar-refractivity contribution in [1.29, 1.82) is 0 Å². The second-order valence-electron chi connectivity index (χ2n) is 3.42. The van der Waals surface area contributed by atoms with Crippen LogP contribution in [0.4, 0.5) is 0 Å². The standard InChI is InChI=1S/C5H10O2.C3H9NO/c1-5(2,3)4(6)7;4-2-1-3-5/h1-3H3,(H,6,7);5H,1-4H2. The lowest BCUT2D eigenvalue weighted by Gasteiger charge is -2.08. The van der Waals surface area contributed by atoms with Crippen LogP contribution in [0.2, 0.25) is 0 Å². The Balaban J connectivity index is 0. The summed E-state index contributed by atoms with van der Waals surface area (Å²) >= 11 is 0. The fourth-order valence-electron chi connectivity index (χ4n) is 0.0913. The molecule has 74 valence electrons. The van der Waals surface area contributed by atoms with Crippen molar-refractivity contribution in [2.75, 3.05) is 13.2 Å². The number of nitrogens with two attached hydrogens (primary N) is 1. The zero-order chi connectivity index (χ0) is 10.2. The Labute approximate surface area is 73.4 Å². The summed E-state index contributed by atoms with van der Waals surface area (Å²) in [7, 11) is 0. The zero-order valence-corrected chi connectivity index (χ0v) is 8.00. The molecule has 0 aromatic heterocycles. The van der Waals surface area contributed by atoms with Gasteiger partial charge in [-0.1, -0.05) is 0 Å². The van der Waals surface area contributed by atoms with E-state index in [0.29, 0.717) is 6.54 Å². The minimum atomic E-state index is -0.757. The summed E-state index contributed by atoms with van der Waals surface area (Å²) in [5.74, 6) is -0.757. The Hall–Kier alpha value is -0.610. The number of carbonyl (C=O) groups is 1. The van der Waals surface area contributed by atoms with Crippen LogP contribution >= 0.6 is 0 Å². The monoisotopic (exact) mass is 177 g/mol. The van der Waals surface area contributed by atoms with Crippen LogP contribution in [-0.4, -0.2) is 29.3 Å². The van der Waals surface area contributed by atoms with Gasteiger partial charge in [0.25, 0.3) is 0 Å².